The van der Waals surface area contributed by atoms with E-state index in [1.54, 1.807) is 13.0 Å². The minimum absolute atomic E-state index is 0.135. The molecule has 110 valence electrons. The predicted molar refractivity (Wildman–Crippen MR) is 78.8 cm³/mol. The first-order valence-corrected chi connectivity index (χ1v) is 6.71. The van der Waals surface area contributed by atoms with Crippen molar-refractivity contribution in [2.75, 3.05) is 5.32 Å². The number of nitrogens with zero attached hydrogens (tertiary/aromatic N) is 1. The van der Waals surface area contributed by atoms with Crippen molar-refractivity contribution in [2.45, 2.75) is 13.5 Å². The third-order valence-corrected chi connectivity index (χ3v) is 3.30. The maximum absolute atomic E-state index is 13.4. The Morgan fingerprint density at radius 2 is 2.14 bits per heavy atom. The lowest BCUT2D eigenvalue weighted by Gasteiger charge is -2.08. The van der Waals surface area contributed by atoms with E-state index in [0.29, 0.717) is 11.3 Å². The molecule has 21 heavy (non-hydrogen) atoms. The molecule has 0 spiro atoms. The highest BCUT2D eigenvalue weighted by Gasteiger charge is 2.08. The number of H-pyrrole nitrogens is 1. The standard InChI is InChI=1S/C13H11BrFN3O3/c1-7-2-3-8(4-10(7)15)16-11(19)6-18-5-9(14)12(20)17-13(18)21/h2-5H,6H2,1H3,(H,16,19)(H,17,20,21). The molecule has 0 aliphatic rings. The number of carbonyl (C=O) groups excluding carboxylic acids is 1. The van der Waals surface area contributed by atoms with Crippen molar-refractivity contribution in [3.8, 4) is 0 Å². The van der Waals surface area contributed by atoms with Crippen LogP contribution < -0.4 is 16.6 Å². The third-order valence-electron chi connectivity index (χ3n) is 2.74. The van der Waals surface area contributed by atoms with E-state index >= 15 is 0 Å². The minimum Gasteiger partial charge on any atom is -0.324 e. The molecule has 0 fully saturated rings. The Bertz CT molecular complexity index is 813. The van der Waals surface area contributed by atoms with Crippen molar-refractivity contribution in [1.29, 1.82) is 0 Å². The largest absolute Gasteiger partial charge is 0.328 e. The van der Waals surface area contributed by atoms with Gasteiger partial charge in [0.05, 0.1) is 4.47 Å². The van der Waals surface area contributed by atoms with Gasteiger partial charge in [-0.2, -0.15) is 0 Å². The molecule has 2 rings (SSSR count). The molecule has 2 N–H and O–H groups in total. The molecule has 1 heterocycles. The van der Waals surface area contributed by atoms with Crippen molar-refractivity contribution in [3.63, 3.8) is 0 Å². The van der Waals surface area contributed by atoms with Crippen LogP contribution >= 0.6 is 15.9 Å². The zero-order valence-electron chi connectivity index (χ0n) is 10.9. The molecule has 0 aliphatic heterocycles. The molecule has 0 aliphatic carbocycles. The van der Waals surface area contributed by atoms with Gasteiger partial charge in [0.25, 0.3) is 5.56 Å². The highest BCUT2D eigenvalue weighted by atomic mass is 79.9. The van der Waals surface area contributed by atoms with E-state index in [2.05, 4.69) is 26.2 Å². The van der Waals surface area contributed by atoms with Crippen LogP contribution in [0.2, 0.25) is 0 Å². The number of benzene rings is 1. The number of aromatic amines is 1. The van der Waals surface area contributed by atoms with E-state index in [0.717, 1.165) is 4.57 Å². The molecule has 8 heteroatoms. The summed E-state index contributed by atoms with van der Waals surface area (Å²) < 4.78 is 14.5. The average molecular weight is 356 g/mol. The number of hydrogen-bond acceptors (Lipinski definition) is 3. The van der Waals surface area contributed by atoms with E-state index in [1.165, 1.54) is 18.3 Å². The number of hydrogen-bond donors (Lipinski definition) is 2. The zero-order valence-corrected chi connectivity index (χ0v) is 12.5. The van der Waals surface area contributed by atoms with Gasteiger partial charge in [0.1, 0.15) is 12.4 Å². The van der Waals surface area contributed by atoms with Crippen LogP contribution in [0.5, 0.6) is 0 Å². The maximum atomic E-state index is 13.4. The zero-order chi connectivity index (χ0) is 15.6. The highest BCUT2D eigenvalue weighted by molar-refractivity contribution is 9.10. The van der Waals surface area contributed by atoms with Gasteiger partial charge in [-0.3, -0.25) is 19.1 Å². The van der Waals surface area contributed by atoms with E-state index < -0.39 is 23.0 Å². The van der Waals surface area contributed by atoms with Crippen LogP contribution in [0, 0.1) is 12.7 Å². The van der Waals surface area contributed by atoms with Crippen LogP contribution in [0.1, 0.15) is 5.56 Å². The normalized spacial score (nSPS) is 10.4. The first-order chi connectivity index (χ1) is 9.86. The molecular formula is C13H11BrFN3O3. The lowest BCUT2D eigenvalue weighted by Crippen LogP contribution is -2.33. The van der Waals surface area contributed by atoms with Crippen LogP contribution in [0.3, 0.4) is 0 Å². The number of carbonyl (C=O) groups is 1. The topological polar surface area (TPSA) is 84.0 Å². The molecule has 2 aromatic rings. The summed E-state index contributed by atoms with van der Waals surface area (Å²) in [6.07, 6.45) is 1.22. The number of halogens is 2. The van der Waals surface area contributed by atoms with Gasteiger partial charge in [0.2, 0.25) is 5.91 Å². The van der Waals surface area contributed by atoms with Crippen LogP contribution in [0.4, 0.5) is 10.1 Å². The fraction of sp³-hybridized carbons (Fsp3) is 0.154. The summed E-state index contributed by atoms with van der Waals surface area (Å²) in [4.78, 5) is 36.6. The van der Waals surface area contributed by atoms with Crippen LogP contribution in [-0.4, -0.2) is 15.5 Å². The highest BCUT2D eigenvalue weighted by Crippen LogP contribution is 2.13. The van der Waals surface area contributed by atoms with Crippen molar-refractivity contribution < 1.29 is 9.18 Å². The van der Waals surface area contributed by atoms with Crippen LogP contribution in [0.25, 0.3) is 0 Å². The fourth-order valence-electron chi connectivity index (χ4n) is 1.63. The van der Waals surface area contributed by atoms with Crippen LogP contribution in [-0.2, 0) is 11.3 Å². The monoisotopic (exact) mass is 355 g/mol. The third kappa shape index (κ3) is 3.66. The molecule has 0 saturated heterocycles. The van der Waals surface area contributed by atoms with Gasteiger partial charge in [0.15, 0.2) is 0 Å². The van der Waals surface area contributed by atoms with Gasteiger partial charge >= 0.3 is 5.69 Å². The molecule has 0 atom stereocenters. The predicted octanol–water partition coefficient (Wildman–Crippen LogP) is 1.39. The molecule has 0 radical (unpaired) electrons. The molecule has 0 bridgehead atoms. The number of aromatic nitrogens is 2. The van der Waals surface area contributed by atoms with Gasteiger partial charge in [-0.15, -0.1) is 0 Å². The number of anilines is 1. The Kier molecular flexibility index (Phi) is 4.37. The quantitative estimate of drug-likeness (QED) is 0.872. The summed E-state index contributed by atoms with van der Waals surface area (Å²) in [7, 11) is 0. The van der Waals surface area contributed by atoms with Crippen molar-refractivity contribution in [3.05, 3.63) is 61.1 Å². The summed E-state index contributed by atoms with van der Waals surface area (Å²) in [5.74, 6) is -0.948. The van der Waals surface area contributed by atoms with Crippen LogP contribution in [0.15, 0.2) is 38.5 Å². The Hall–Kier alpha value is -2.22. The fourth-order valence-corrected chi connectivity index (χ4v) is 1.97. The van der Waals surface area contributed by atoms with E-state index in [1.807, 2.05) is 0 Å². The van der Waals surface area contributed by atoms with Gasteiger partial charge in [-0.25, -0.2) is 9.18 Å². The lowest BCUT2D eigenvalue weighted by atomic mass is 10.2. The maximum Gasteiger partial charge on any atom is 0.328 e. The van der Waals surface area contributed by atoms with Gasteiger partial charge < -0.3 is 5.32 Å². The first kappa shape index (κ1) is 15.2. The average Bonchev–Trinajstić information content (AvgIpc) is 2.40. The summed E-state index contributed by atoms with van der Waals surface area (Å²) in [5, 5.41) is 2.47. The number of amides is 1. The van der Waals surface area contributed by atoms with Crippen molar-refractivity contribution in [1.82, 2.24) is 9.55 Å². The molecule has 1 aromatic heterocycles. The molecule has 0 saturated carbocycles. The van der Waals surface area contributed by atoms with E-state index in [4.69, 9.17) is 0 Å². The molecule has 1 amide bonds. The van der Waals surface area contributed by atoms with Crippen molar-refractivity contribution in [2.24, 2.45) is 0 Å². The second kappa shape index (κ2) is 6.04. The minimum atomic E-state index is -0.701. The summed E-state index contributed by atoms with van der Waals surface area (Å²) in [6, 6.07) is 4.29. The van der Waals surface area contributed by atoms with Gasteiger partial charge in [0, 0.05) is 11.9 Å². The van der Waals surface area contributed by atoms with Gasteiger partial charge in [-0.1, -0.05) is 6.07 Å². The molecule has 1 aromatic carbocycles. The second-order valence-electron chi connectivity index (χ2n) is 4.38. The van der Waals surface area contributed by atoms with E-state index in [9.17, 15) is 18.8 Å². The molecular weight excluding hydrogens is 345 g/mol. The number of aryl methyl sites for hydroxylation is 1. The van der Waals surface area contributed by atoms with E-state index in [-0.39, 0.29) is 11.0 Å². The van der Waals surface area contributed by atoms with Gasteiger partial charge in [-0.05, 0) is 40.5 Å². The lowest BCUT2D eigenvalue weighted by molar-refractivity contribution is -0.116. The second-order valence-corrected chi connectivity index (χ2v) is 5.23. The Labute approximate surface area is 126 Å². The van der Waals surface area contributed by atoms with Crippen molar-refractivity contribution >= 4 is 27.5 Å². The number of nitrogens with one attached hydrogen (secondary N) is 2. The summed E-state index contributed by atoms with van der Waals surface area (Å²) in [5.41, 5.74) is -0.515. The number of rotatable bonds is 3. The first-order valence-electron chi connectivity index (χ1n) is 5.92. The molecule has 6 nitrogen and oxygen atoms in total. The smallest absolute Gasteiger partial charge is 0.324 e. The summed E-state index contributed by atoms with van der Waals surface area (Å²) >= 11 is 2.97. The Morgan fingerprint density at radius 1 is 1.43 bits per heavy atom. The summed E-state index contributed by atoms with van der Waals surface area (Å²) in [6.45, 7) is 1.31. The Balaban J connectivity index is 2.15. The molecule has 0 unspecified atom stereocenters. The Morgan fingerprint density at radius 3 is 2.81 bits per heavy atom. The SMILES string of the molecule is Cc1ccc(NC(=O)Cn2cc(Br)c(=O)[nH]c2=O)cc1F.